The average molecular weight is 483 g/mol. The first-order valence-electron chi connectivity index (χ1n) is 10.1. The van der Waals surface area contributed by atoms with Crippen molar-refractivity contribution >= 4 is 58.5 Å². The van der Waals surface area contributed by atoms with Gasteiger partial charge in [0.1, 0.15) is 6.54 Å². The molecule has 0 saturated carbocycles. The lowest BCUT2D eigenvalue weighted by Gasteiger charge is -2.29. The van der Waals surface area contributed by atoms with Crippen LogP contribution in [0.15, 0.2) is 82.6 Å². The Morgan fingerprint density at radius 3 is 2.31 bits per heavy atom. The Bertz CT molecular complexity index is 1160. The number of hydrogen-bond acceptors (Lipinski definition) is 3. The topological polar surface area (TPSA) is 49.4 Å². The third kappa shape index (κ3) is 5.54. The number of hydrogen-bond donors (Lipinski definition) is 1. The maximum Gasteiger partial charge on any atom is 0.265 e. The summed E-state index contributed by atoms with van der Waals surface area (Å²) >= 11 is 13.3. The van der Waals surface area contributed by atoms with Gasteiger partial charge in [0, 0.05) is 21.5 Å². The van der Waals surface area contributed by atoms with Crippen LogP contribution in [0.5, 0.6) is 0 Å². The van der Waals surface area contributed by atoms with E-state index in [1.54, 1.807) is 12.1 Å². The van der Waals surface area contributed by atoms with Crippen LogP contribution >= 0.6 is 35.0 Å². The molecule has 1 heterocycles. The van der Waals surface area contributed by atoms with E-state index < -0.39 is 0 Å². The van der Waals surface area contributed by atoms with Gasteiger partial charge in [0.15, 0.2) is 0 Å². The average Bonchev–Trinajstić information content (AvgIpc) is 2.79. The molecule has 0 aliphatic carbocycles. The molecule has 1 N–H and O–H groups in total. The van der Waals surface area contributed by atoms with Crippen LogP contribution in [0.1, 0.15) is 11.1 Å². The summed E-state index contributed by atoms with van der Waals surface area (Å²) in [4.78, 5) is 28.9. The summed E-state index contributed by atoms with van der Waals surface area (Å²) in [6, 6.07) is 22.4. The second-order valence-corrected chi connectivity index (χ2v) is 9.20. The van der Waals surface area contributed by atoms with Crippen LogP contribution in [0.4, 0.5) is 5.69 Å². The van der Waals surface area contributed by atoms with Gasteiger partial charge in [-0.15, -0.1) is 0 Å². The minimum absolute atomic E-state index is 0.0466. The van der Waals surface area contributed by atoms with Gasteiger partial charge in [0.25, 0.3) is 5.91 Å². The molecule has 1 aliphatic heterocycles. The van der Waals surface area contributed by atoms with E-state index in [9.17, 15) is 9.59 Å². The van der Waals surface area contributed by atoms with E-state index in [0.29, 0.717) is 27.9 Å². The molecule has 0 radical (unpaired) electrons. The van der Waals surface area contributed by atoms with Gasteiger partial charge in [0.05, 0.1) is 10.6 Å². The van der Waals surface area contributed by atoms with Gasteiger partial charge in [-0.05, 0) is 60.0 Å². The van der Waals surface area contributed by atoms with E-state index in [4.69, 9.17) is 23.2 Å². The number of nitrogens with one attached hydrogen (secondary N) is 1. The van der Waals surface area contributed by atoms with Crippen molar-refractivity contribution in [3.05, 3.63) is 98.9 Å². The minimum Gasteiger partial charge on any atom is -0.354 e. The molecule has 3 aromatic carbocycles. The summed E-state index contributed by atoms with van der Waals surface area (Å²) in [5.74, 6) is -0.406. The van der Waals surface area contributed by atoms with Gasteiger partial charge in [0.2, 0.25) is 5.91 Å². The van der Waals surface area contributed by atoms with E-state index in [1.807, 2.05) is 66.7 Å². The van der Waals surface area contributed by atoms with Crippen LogP contribution in [0, 0.1) is 0 Å². The zero-order valence-electron chi connectivity index (χ0n) is 17.1. The number of rotatable bonds is 6. The number of nitrogens with zero attached hydrogens (tertiary/aromatic N) is 1. The molecule has 0 bridgehead atoms. The van der Waals surface area contributed by atoms with Crippen LogP contribution in [-0.2, 0) is 16.0 Å². The number of carbonyl (C=O) groups is 2. The number of amides is 2. The zero-order valence-corrected chi connectivity index (χ0v) is 19.4. The van der Waals surface area contributed by atoms with Crippen LogP contribution in [-0.4, -0.2) is 24.9 Å². The molecule has 2 amide bonds. The molecule has 3 aromatic rings. The van der Waals surface area contributed by atoms with Gasteiger partial charge in [-0.25, -0.2) is 0 Å². The summed E-state index contributed by atoms with van der Waals surface area (Å²) in [5.41, 5.74) is 2.69. The number of para-hydroxylation sites is 1. The molecule has 32 heavy (non-hydrogen) atoms. The molecule has 0 fully saturated rings. The lowest BCUT2D eigenvalue weighted by atomic mass is 10.1. The lowest BCUT2D eigenvalue weighted by Crippen LogP contribution is -2.43. The summed E-state index contributed by atoms with van der Waals surface area (Å²) in [7, 11) is 0. The maximum absolute atomic E-state index is 13.2. The summed E-state index contributed by atoms with van der Waals surface area (Å²) in [5, 5.41) is 4.23. The Balaban J connectivity index is 1.47. The van der Waals surface area contributed by atoms with Crippen molar-refractivity contribution in [2.24, 2.45) is 0 Å². The largest absolute Gasteiger partial charge is 0.354 e. The molecule has 4 rings (SSSR count). The van der Waals surface area contributed by atoms with Crippen molar-refractivity contribution < 1.29 is 9.59 Å². The molecule has 0 saturated heterocycles. The van der Waals surface area contributed by atoms with Crippen molar-refractivity contribution in [1.82, 2.24) is 5.32 Å². The Morgan fingerprint density at radius 2 is 1.59 bits per heavy atom. The van der Waals surface area contributed by atoms with Crippen LogP contribution in [0.3, 0.4) is 0 Å². The third-order valence-corrected chi connectivity index (χ3v) is 6.53. The second kappa shape index (κ2) is 10.3. The highest BCUT2D eigenvalue weighted by Gasteiger charge is 2.30. The normalized spacial score (nSPS) is 14.4. The Morgan fingerprint density at radius 1 is 0.938 bits per heavy atom. The fourth-order valence-corrected chi connectivity index (χ4v) is 4.64. The van der Waals surface area contributed by atoms with E-state index in [0.717, 1.165) is 21.7 Å². The van der Waals surface area contributed by atoms with E-state index in [2.05, 4.69) is 5.32 Å². The fraction of sp³-hybridized carbons (Fsp3) is 0.120. The Hall–Kier alpha value is -2.73. The first kappa shape index (κ1) is 22.5. The molecular weight excluding hydrogens is 463 g/mol. The molecular formula is C25H20Cl2N2O2S. The predicted octanol–water partition coefficient (Wildman–Crippen LogP) is 5.83. The molecule has 0 atom stereocenters. The minimum atomic E-state index is -0.208. The smallest absolute Gasteiger partial charge is 0.265 e. The van der Waals surface area contributed by atoms with Crippen molar-refractivity contribution in [2.45, 2.75) is 11.3 Å². The van der Waals surface area contributed by atoms with Crippen LogP contribution in [0.25, 0.3) is 6.08 Å². The number of benzene rings is 3. The van der Waals surface area contributed by atoms with Crippen molar-refractivity contribution in [3.63, 3.8) is 0 Å². The van der Waals surface area contributed by atoms with Gasteiger partial charge in [-0.1, -0.05) is 71.4 Å². The Labute approximate surface area is 201 Å². The molecule has 4 nitrogen and oxygen atoms in total. The van der Waals surface area contributed by atoms with Gasteiger partial charge in [-0.3, -0.25) is 14.5 Å². The maximum atomic E-state index is 13.2. The van der Waals surface area contributed by atoms with Crippen molar-refractivity contribution in [2.75, 3.05) is 18.0 Å². The van der Waals surface area contributed by atoms with E-state index in [-0.39, 0.29) is 18.4 Å². The van der Waals surface area contributed by atoms with Crippen LogP contribution in [0.2, 0.25) is 10.0 Å². The summed E-state index contributed by atoms with van der Waals surface area (Å²) in [6.07, 6.45) is 2.51. The number of thioether (sulfide) groups is 1. The molecule has 0 aromatic heterocycles. The summed E-state index contributed by atoms with van der Waals surface area (Å²) in [6.45, 7) is 0.432. The number of anilines is 1. The second-order valence-electron chi connectivity index (χ2n) is 7.25. The zero-order chi connectivity index (χ0) is 22.5. The van der Waals surface area contributed by atoms with Gasteiger partial charge in [-0.2, -0.15) is 0 Å². The quantitative estimate of drug-likeness (QED) is 0.449. The predicted molar refractivity (Wildman–Crippen MR) is 132 cm³/mol. The monoisotopic (exact) mass is 482 g/mol. The highest BCUT2D eigenvalue weighted by Crippen LogP contribution is 2.41. The molecule has 162 valence electrons. The highest BCUT2D eigenvalue weighted by molar-refractivity contribution is 8.04. The van der Waals surface area contributed by atoms with Gasteiger partial charge >= 0.3 is 0 Å². The highest BCUT2D eigenvalue weighted by atomic mass is 35.5. The number of carbonyl (C=O) groups excluding carboxylic acids is 2. The molecule has 1 aliphatic rings. The van der Waals surface area contributed by atoms with Crippen LogP contribution < -0.4 is 10.2 Å². The fourth-order valence-electron chi connectivity index (χ4n) is 3.33. The van der Waals surface area contributed by atoms with Gasteiger partial charge < -0.3 is 5.32 Å². The standard InChI is InChI=1S/C25H20Cl2N2O2S/c26-19-9-5-17(6-10-19)13-14-28-24(30)16-29-21-3-1-2-4-22(21)32-23(25(29)31)15-18-7-11-20(27)12-8-18/h1-12,15H,13-14,16H2,(H,28,30). The van der Waals surface area contributed by atoms with E-state index >= 15 is 0 Å². The third-order valence-electron chi connectivity index (χ3n) is 4.95. The van der Waals surface area contributed by atoms with E-state index in [1.165, 1.54) is 16.7 Å². The molecule has 0 unspecified atom stereocenters. The SMILES string of the molecule is O=C(CN1C(=O)C(=Cc2ccc(Cl)cc2)Sc2ccccc21)NCCc1ccc(Cl)cc1. The lowest BCUT2D eigenvalue weighted by molar-refractivity contribution is -0.122. The first-order chi connectivity index (χ1) is 15.5. The van der Waals surface area contributed by atoms with Crippen molar-refractivity contribution in [3.8, 4) is 0 Å². The molecule has 0 spiro atoms. The number of halogens is 2. The van der Waals surface area contributed by atoms with Crippen molar-refractivity contribution in [1.29, 1.82) is 0 Å². The number of fused-ring (bicyclic) bond motifs is 1. The summed E-state index contributed by atoms with van der Waals surface area (Å²) < 4.78 is 0. The first-order valence-corrected chi connectivity index (χ1v) is 11.6. The molecule has 7 heteroatoms. The Kier molecular flexibility index (Phi) is 7.20.